The van der Waals surface area contributed by atoms with Crippen molar-refractivity contribution in [3.8, 4) is 0 Å². The topological polar surface area (TPSA) is 49.4 Å². The molecule has 2 aliphatic rings. The van der Waals surface area contributed by atoms with Crippen molar-refractivity contribution in [2.45, 2.75) is 31.6 Å². The van der Waals surface area contributed by atoms with E-state index >= 15 is 0 Å². The molecule has 1 N–H and O–H groups in total. The largest absolute Gasteiger partial charge is 0.354 e. The zero-order valence-corrected chi connectivity index (χ0v) is 11.8. The Morgan fingerprint density at radius 3 is 2.80 bits per heavy atom. The van der Waals surface area contributed by atoms with Crippen LogP contribution in [-0.4, -0.2) is 36.3 Å². The van der Waals surface area contributed by atoms with Gasteiger partial charge in [-0.15, -0.1) is 0 Å². The molecule has 0 unspecified atom stereocenters. The summed E-state index contributed by atoms with van der Waals surface area (Å²) in [6.07, 6.45) is 2.26. The van der Waals surface area contributed by atoms with E-state index in [0.29, 0.717) is 26.1 Å². The van der Waals surface area contributed by atoms with E-state index in [1.807, 2.05) is 11.0 Å². The second-order valence-corrected chi connectivity index (χ2v) is 5.84. The van der Waals surface area contributed by atoms with Gasteiger partial charge in [-0.25, -0.2) is 0 Å². The van der Waals surface area contributed by atoms with Gasteiger partial charge in [0.2, 0.25) is 11.8 Å². The van der Waals surface area contributed by atoms with Crippen LogP contribution >= 0.6 is 0 Å². The van der Waals surface area contributed by atoms with Crippen LogP contribution in [0.15, 0.2) is 24.3 Å². The molecule has 1 saturated carbocycles. The van der Waals surface area contributed by atoms with Gasteiger partial charge in [0.1, 0.15) is 0 Å². The normalized spacial score (nSPS) is 21.1. The van der Waals surface area contributed by atoms with Gasteiger partial charge >= 0.3 is 0 Å². The molecule has 1 aliphatic carbocycles. The summed E-state index contributed by atoms with van der Waals surface area (Å²) in [4.78, 5) is 26.1. The first-order chi connectivity index (χ1) is 9.62. The van der Waals surface area contributed by atoms with E-state index in [-0.39, 0.29) is 17.2 Å². The van der Waals surface area contributed by atoms with Gasteiger partial charge in [-0.3, -0.25) is 9.59 Å². The number of carbonyl (C=O) groups excluding carboxylic acids is 2. The van der Waals surface area contributed by atoms with Gasteiger partial charge in [0.15, 0.2) is 0 Å². The fourth-order valence-corrected chi connectivity index (χ4v) is 2.97. The van der Waals surface area contributed by atoms with Crippen molar-refractivity contribution in [1.82, 2.24) is 10.2 Å². The Labute approximate surface area is 119 Å². The number of hydrogen-bond acceptors (Lipinski definition) is 2. The quantitative estimate of drug-likeness (QED) is 0.884. The van der Waals surface area contributed by atoms with Gasteiger partial charge in [0, 0.05) is 26.1 Å². The zero-order chi connectivity index (χ0) is 14.2. The third-order valence-corrected chi connectivity index (χ3v) is 4.33. The number of amides is 2. The average molecular weight is 272 g/mol. The molecule has 0 aromatic heterocycles. The van der Waals surface area contributed by atoms with Gasteiger partial charge in [0.05, 0.1) is 5.41 Å². The van der Waals surface area contributed by atoms with Crippen molar-refractivity contribution in [2.75, 3.05) is 19.6 Å². The van der Waals surface area contributed by atoms with Crippen molar-refractivity contribution in [3.63, 3.8) is 0 Å². The Hall–Kier alpha value is -1.84. The maximum absolute atomic E-state index is 12.8. The minimum Gasteiger partial charge on any atom is -0.354 e. The molecule has 20 heavy (non-hydrogen) atoms. The first-order valence-corrected chi connectivity index (χ1v) is 7.25. The Bertz CT molecular complexity index is 549. The highest BCUT2D eigenvalue weighted by Gasteiger charge is 2.53. The van der Waals surface area contributed by atoms with Crippen molar-refractivity contribution in [2.24, 2.45) is 0 Å². The standard InChI is InChI=1S/C16H20N2O2/c1-12-3-2-4-13(11-12)16(6-7-16)15(20)18-9-5-14(19)17-8-10-18/h2-4,11H,5-10H2,1H3,(H,17,19). The van der Waals surface area contributed by atoms with Crippen molar-refractivity contribution in [1.29, 1.82) is 0 Å². The maximum atomic E-state index is 12.8. The Morgan fingerprint density at radius 1 is 1.30 bits per heavy atom. The van der Waals surface area contributed by atoms with E-state index in [2.05, 4.69) is 30.4 Å². The molecule has 4 heteroatoms. The van der Waals surface area contributed by atoms with E-state index < -0.39 is 0 Å². The second-order valence-electron chi connectivity index (χ2n) is 5.84. The minimum atomic E-state index is -0.320. The molecular weight excluding hydrogens is 252 g/mol. The summed E-state index contributed by atoms with van der Waals surface area (Å²) in [6, 6.07) is 8.25. The SMILES string of the molecule is Cc1cccc(C2(C(=O)N3CCNC(=O)CC3)CC2)c1. The molecule has 1 heterocycles. The van der Waals surface area contributed by atoms with Crippen molar-refractivity contribution in [3.05, 3.63) is 35.4 Å². The van der Waals surface area contributed by atoms with Gasteiger partial charge in [-0.2, -0.15) is 0 Å². The molecule has 2 fully saturated rings. The molecule has 1 saturated heterocycles. The summed E-state index contributed by atoms with van der Waals surface area (Å²) in [7, 11) is 0. The van der Waals surface area contributed by atoms with Crippen molar-refractivity contribution < 1.29 is 9.59 Å². The number of hydrogen-bond donors (Lipinski definition) is 1. The minimum absolute atomic E-state index is 0.0423. The van der Waals surface area contributed by atoms with Crippen LogP contribution in [0.2, 0.25) is 0 Å². The molecule has 2 amide bonds. The molecule has 1 aliphatic heterocycles. The Balaban J connectivity index is 1.81. The molecule has 0 spiro atoms. The summed E-state index contributed by atoms with van der Waals surface area (Å²) < 4.78 is 0. The molecule has 4 nitrogen and oxygen atoms in total. The fourth-order valence-electron chi connectivity index (χ4n) is 2.97. The summed E-state index contributed by atoms with van der Waals surface area (Å²) in [5, 5.41) is 2.82. The Morgan fingerprint density at radius 2 is 2.10 bits per heavy atom. The third-order valence-electron chi connectivity index (χ3n) is 4.33. The maximum Gasteiger partial charge on any atom is 0.233 e. The Kier molecular flexibility index (Phi) is 3.24. The lowest BCUT2D eigenvalue weighted by molar-refractivity contribution is -0.133. The van der Waals surface area contributed by atoms with Gasteiger partial charge < -0.3 is 10.2 Å². The van der Waals surface area contributed by atoms with Crippen LogP contribution < -0.4 is 5.32 Å². The lowest BCUT2D eigenvalue weighted by Crippen LogP contribution is -2.41. The van der Waals surface area contributed by atoms with Crippen LogP contribution in [-0.2, 0) is 15.0 Å². The van der Waals surface area contributed by atoms with Crippen LogP contribution in [0.3, 0.4) is 0 Å². The van der Waals surface area contributed by atoms with Gasteiger partial charge in [-0.05, 0) is 25.3 Å². The molecule has 3 rings (SSSR count). The van der Waals surface area contributed by atoms with Crippen LogP contribution in [0.25, 0.3) is 0 Å². The highest BCUT2D eigenvalue weighted by molar-refractivity contribution is 5.92. The summed E-state index contributed by atoms with van der Waals surface area (Å²) in [6.45, 7) is 3.78. The first-order valence-electron chi connectivity index (χ1n) is 7.25. The molecule has 0 radical (unpaired) electrons. The third kappa shape index (κ3) is 2.30. The molecule has 106 valence electrons. The van der Waals surface area contributed by atoms with Crippen LogP contribution in [0.1, 0.15) is 30.4 Å². The number of carbonyl (C=O) groups is 2. The molecular formula is C16H20N2O2. The molecule has 1 aromatic carbocycles. The second kappa shape index (κ2) is 4.93. The monoisotopic (exact) mass is 272 g/mol. The number of nitrogens with one attached hydrogen (secondary N) is 1. The molecule has 0 atom stereocenters. The highest BCUT2D eigenvalue weighted by atomic mass is 16.2. The molecule has 0 bridgehead atoms. The van der Waals surface area contributed by atoms with E-state index in [0.717, 1.165) is 18.4 Å². The van der Waals surface area contributed by atoms with E-state index in [1.165, 1.54) is 5.56 Å². The predicted molar refractivity (Wildman–Crippen MR) is 76.3 cm³/mol. The van der Waals surface area contributed by atoms with Crippen LogP contribution in [0.5, 0.6) is 0 Å². The highest BCUT2D eigenvalue weighted by Crippen LogP contribution is 2.49. The van der Waals surface area contributed by atoms with Gasteiger partial charge in [0.25, 0.3) is 0 Å². The summed E-state index contributed by atoms with van der Waals surface area (Å²) >= 11 is 0. The predicted octanol–water partition coefficient (Wildman–Crippen LogP) is 1.38. The number of rotatable bonds is 2. The fraction of sp³-hybridized carbons (Fsp3) is 0.500. The molecule has 1 aromatic rings. The van der Waals surface area contributed by atoms with E-state index in [4.69, 9.17) is 0 Å². The van der Waals surface area contributed by atoms with Crippen LogP contribution in [0, 0.1) is 6.92 Å². The summed E-state index contributed by atoms with van der Waals surface area (Å²) in [5.41, 5.74) is 2.00. The smallest absolute Gasteiger partial charge is 0.233 e. The first kappa shape index (κ1) is 13.2. The van der Waals surface area contributed by atoms with Crippen molar-refractivity contribution >= 4 is 11.8 Å². The number of nitrogens with zero attached hydrogens (tertiary/aromatic N) is 1. The number of benzene rings is 1. The summed E-state index contributed by atoms with van der Waals surface area (Å²) in [5.74, 6) is 0.236. The lowest BCUT2D eigenvalue weighted by atomic mass is 9.93. The van der Waals surface area contributed by atoms with E-state index in [9.17, 15) is 9.59 Å². The number of aryl methyl sites for hydroxylation is 1. The van der Waals surface area contributed by atoms with Gasteiger partial charge in [-0.1, -0.05) is 29.8 Å². The average Bonchev–Trinajstić information content (AvgIpc) is 3.23. The van der Waals surface area contributed by atoms with Crippen LogP contribution in [0.4, 0.5) is 0 Å². The lowest BCUT2D eigenvalue weighted by Gasteiger charge is -2.26. The van der Waals surface area contributed by atoms with E-state index in [1.54, 1.807) is 0 Å². The zero-order valence-electron chi connectivity index (χ0n) is 11.8.